The van der Waals surface area contributed by atoms with Gasteiger partial charge in [-0.1, -0.05) is 0 Å². The summed E-state index contributed by atoms with van der Waals surface area (Å²) in [4.78, 5) is 0. The van der Waals surface area contributed by atoms with Gasteiger partial charge >= 0.3 is 18.9 Å². The molecule has 0 unspecified atom stereocenters. The Morgan fingerprint density at radius 2 is 1.43 bits per heavy atom. The number of halogens is 1. The Balaban J connectivity index is 0. The molecule has 1 nitrogen and oxygen atoms in total. The van der Waals surface area contributed by atoms with Crippen molar-refractivity contribution in [3.8, 4) is 0 Å². The van der Waals surface area contributed by atoms with E-state index in [9.17, 15) is 0 Å². The quantitative estimate of drug-likeness (QED) is 0.286. The first kappa shape index (κ1) is 10.8. The summed E-state index contributed by atoms with van der Waals surface area (Å²) < 4.78 is 4.94. The molecule has 0 radical (unpaired) electrons. The molecule has 0 aromatic rings. The van der Waals surface area contributed by atoms with Crippen molar-refractivity contribution in [3.05, 3.63) is 0 Å². The van der Waals surface area contributed by atoms with Crippen LogP contribution in [0.2, 0.25) is 0 Å². The first-order chi connectivity index (χ1) is 2.50. The van der Waals surface area contributed by atoms with Gasteiger partial charge in [-0.3, -0.25) is 0 Å². The second kappa shape index (κ2) is 6.85. The van der Waals surface area contributed by atoms with Crippen molar-refractivity contribution in [1.29, 1.82) is 0 Å². The third kappa shape index (κ3) is 4.71. The number of rotatable bonds is 0. The molecule has 0 aliphatic carbocycles. The van der Waals surface area contributed by atoms with Crippen LogP contribution in [0.3, 0.4) is 0 Å². The van der Waals surface area contributed by atoms with Crippen LogP contribution < -0.4 is 31.3 Å². The van der Waals surface area contributed by atoms with Crippen LogP contribution in [0.4, 0.5) is 0 Å². The van der Waals surface area contributed by atoms with Crippen LogP contribution in [0.15, 0.2) is 0 Å². The molecule has 0 N–H and O–H groups in total. The summed E-state index contributed by atoms with van der Waals surface area (Å²) in [7, 11) is 0. The normalized spacial score (nSPS) is 17.1. The molecule has 0 spiro atoms. The SMILES string of the molecule is C1CCOC1.[Cl-].[Li+]. The Morgan fingerprint density at radius 1 is 1.00 bits per heavy atom. The van der Waals surface area contributed by atoms with Gasteiger partial charge in [-0.05, 0) is 12.8 Å². The van der Waals surface area contributed by atoms with Crippen molar-refractivity contribution in [1.82, 2.24) is 0 Å². The van der Waals surface area contributed by atoms with Gasteiger partial charge in [0.15, 0.2) is 0 Å². The Morgan fingerprint density at radius 3 is 1.57 bits per heavy atom. The van der Waals surface area contributed by atoms with Crippen LogP contribution in [-0.2, 0) is 4.74 Å². The molecular formula is C4H8ClLiO. The molecule has 38 valence electrons. The van der Waals surface area contributed by atoms with E-state index >= 15 is 0 Å². The van der Waals surface area contributed by atoms with E-state index < -0.39 is 0 Å². The molecule has 1 saturated heterocycles. The van der Waals surface area contributed by atoms with Gasteiger partial charge in [-0.15, -0.1) is 0 Å². The Labute approximate surface area is 62.4 Å². The van der Waals surface area contributed by atoms with Crippen molar-refractivity contribution in [2.24, 2.45) is 0 Å². The molecule has 3 heteroatoms. The molecule has 0 bridgehead atoms. The Hall–Kier alpha value is 0.847. The zero-order valence-corrected chi connectivity index (χ0v) is 5.37. The zero-order valence-electron chi connectivity index (χ0n) is 4.61. The minimum absolute atomic E-state index is 0. The van der Waals surface area contributed by atoms with Gasteiger partial charge < -0.3 is 17.1 Å². The summed E-state index contributed by atoms with van der Waals surface area (Å²) in [6.07, 6.45) is 2.56. The average Bonchev–Trinajstić information content (AvgIpc) is 1.76. The summed E-state index contributed by atoms with van der Waals surface area (Å²) in [5.74, 6) is 0. The summed E-state index contributed by atoms with van der Waals surface area (Å²) >= 11 is 0. The average molecular weight is 115 g/mol. The summed E-state index contributed by atoms with van der Waals surface area (Å²) in [5.41, 5.74) is 0. The van der Waals surface area contributed by atoms with Gasteiger partial charge in [0, 0.05) is 13.2 Å². The molecule has 1 rings (SSSR count). The van der Waals surface area contributed by atoms with Crippen molar-refractivity contribution in [3.63, 3.8) is 0 Å². The molecule has 1 fully saturated rings. The molecule has 1 aliphatic rings. The smallest absolute Gasteiger partial charge is 1.00 e. The molecule has 7 heavy (non-hydrogen) atoms. The van der Waals surface area contributed by atoms with E-state index in [0.717, 1.165) is 13.2 Å². The first-order valence-electron chi connectivity index (χ1n) is 2.08. The van der Waals surface area contributed by atoms with E-state index in [4.69, 9.17) is 4.74 Å². The molecule has 0 saturated carbocycles. The van der Waals surface area contributed by atoms with E-state index in [1.54, 1.807) is 0 Å². The summed E-state index contributed by atoms with van der Waals surface area (Å²) in [6.45, 7) is 2.00. The van der Waals surface area contributed by atoms with Crippen LogP contribution in [0.5, 0.6) is 0 Å². The van der Waals surface area contributed by atoms with Gasteiger partial charge in [-0.25, -0.2) is 0 Å². The number of ether oxygens (including phenoxy) is 1. The maximum Gasteiger partial charge on any atom is 1.00 e. The monoisotopic (exact) mass is 114 g/mol. The van der Waals surface area contributed by atoms with Crippen LogP contribution in [0.1, 0.15) is 12.8 Å². The fraction of sp³-hybridized carbons (Fsp3) is 1.00. The maximum absolute atomic E-state index is 4.94. The summed E-state index contributed by atoms with van der Waals surface area (Å²) in [5, 5.41) is 0. The van der Waals surface area contributed by atoms with Crippen LogP contribution >= 0.6 is 0 Å². The van der Waals surface area contributed by atoms with Gasteiger partial charge in [0.05, 0.1) is 0 Å². The minimum Gasteiger partial charge on any atom is -1.00 e. The molecule has 1 heterocycles. The Kier molecular flexibility index (Phi) is 10.5. The zero-order chi connectivity index (χ0) is 3.54. The molecule has 0 amide bonds. The fourth-order valence-electron chi connectivity index (χ4n) is 0.510. The van der Waals surface area contributed by atoms with Gasteiger partial charge in [0.2, 0.25) is 0 Å². The van der Waals surface area contributed by atoms with Crippen molar-refractivity contribution < 1.29 is 36.0 Å². The predicted octanol–water partition coefficient (Wildman–Crippen LogP) is -5.20. The number of hydrogen-bond acceptors (Lipinski definition) is 1. The predicted molar refractivity (Wildman–Crippen MR) is 20.1 cm³/mol. The van der Waals surface area contributed by atoms with Gasteiger partial charge in [-0.2, -0.15) is 0 Å². The summed E-state index contributed by atoms with van der Waals surface area (Å²) in [6, 6.07) is 0. The topological polar surface area (TPSA) is 9.23 Å². The first-order valence-corrected chi connectivity index (χ1v) is 2.08. The van der Waals surface area contributed by atoms with Crippen molar-refractivity contribution in [2.75, 3.05) is 13.2 Å². The molecule has 0 aromatic carbocycles. The van der Waals surface area contributed by atoms with Crippen LogP contribution in [0.25, 0.3) is 0 Å². The fourth-order valence-corrected chi connectivity index (χ4v) is 0.510. The Bertz CT molecular complexity index is 23.3. The molecule has 0 aromatic heterocycles. The van der Waals surface area contributed by atoms with E-state index in [0.29, 0.717) is 0 Å². The third-order valence-corrected chi connectivity index (χ3v) is 0.827. The third-order valence-electron chi connectivity index (χ3n) is 0.827. The maximum atomic E-state index is 4.94. The van der Waals surface area contributed by atoms with Gasteiger partial charge in [0.1, 0.15) is 0 Å². The van der Waals surface area contributed by atoms with Crippen molar-refractivity contribution in [2.45, 2.75) is 12.8 Å². The van der Waals surface area contributed by atoms with Crippen LogP contribution in [0, 0.1) is 0 Å². The largest absolute Gasteiger partial charge is 1.00 e. The number of hydrogen-bond donors (Lipinski definition) is 0. The second-order valence-corrected chi connectivity index (χ2v) is 1.32. The molecule has 1 aliphatic heterocycles. The van der Waals surface area contributed by atoms with E-state index in [-0.39, 0.29) is 31.3 Å². The van der Waals surface area contributed by atoms with E-state index in [2.05, 4.69) is 0 Å². The van der Waals surface area contributed by atoms with Crippen molar-refractivity contribution >= 4 is 0 Å². The standard InChI is InChI=1S/C4H8O.ClH.Li/c1-2-4-5-3-1;;/h1-4H2;1H;/q;;+1/p-1. The second-order valence-electron chi connectivity index (χ2n) is 1.32. The molecular weight excluding hydrogens is 106 g/mol. The van der Waals surface area contributed by atoms with E-state index in [1.165, 1.54) is 12.8 Å². The van der Waals surface area contributed by atoms with Crippen LogP contribution in [-0.4, -0.2) is 13.2 Å². The minimum atomic E-state index is 0. The van der Waals surface area contributed by atoms with Gasteiger partial charge in [0.25, 0.3) is 0 Å². The van der Waals surface area contributed by atoms with E-state index in [1.807, 2.05) is 0 Å². The molecule has 0 atom stereocenters.